The van der Waals surface area contributed by atoms with Gasteiger partial charge in [0.2, 0.25) is 5.91 Å². The summed E-state index contributed by atoms with van der Waals surface area (Å²) in [6.45, 7) is 0.251. The summed E-state index contributed by atoms with van der Waals surface area (Å²) in [4.78, 5) is 24.7. The molecule has 2 aromatic carbocycles. The molecule has 0 saturated heterocycles. The van der Waals surface area contributed by atoms with Crippen molar-refractivity contribution in [2.75, 3.05) is 0 Å². The Morgan fingerprint density at radius 3 is 2.56 bits per heavy atom. The molecule has 140 valence electrons. The van der Waals surface area contributed by atoms with E-state index < -0.39 is 11.3 Å². The van der Waals surface area contributed by atoms with E-state index in [4.69, 9.17) is 4.42 Å². The molecule has 1 heterocycles. The highest BCUT2D eigenvalue weighted by molar-refractivity contribution is 5.78. The summed E-state index contributed by atoms with van der Waals surface area (Å²) < 4.78 is 20.0. The normalized spacial score (nSPS) is 15.9. The zero-order valence-electron chi connectivity index (χ0n) is 14.9. The number of aryl methyl sites for hydroxylation is 1. The second-order valence-corrected chi connectivity index (χ2v) is 7.08. The molecule has 1 aliphatic rings. The van der Waals surface area contributed by atoms with Crippen LogP contribution in [0.4, 0.5) is 4.39 Å². The number of hydrogen-bond donors (Lipinski definition) is 1. The number of carbonyl (C=O) groups is 1. The van der Waals surface area contributed by atoms with Crippen molar-refractivity contribution in [2.24, 2.45) is 0 Å². The Morgan fingerprint density at radius 1 is 1.11 bits per heavy atom. The molecular weight excluding hydrogens is 347 g/mol. The van der Waals surface area contributed by atoms with Gasteiger partial charge in [-0.2, -0.15) is 0 Å². The highest BCUT2D eigenvalue weighted by Gasteiger charge is 2.36. The van der Waals surface area contributed by atoms with Crippen LogP contribution >= 0.6 is 0 Å². The van der Waals surface area contributed by atoms with E-state index in [2.05, 4.69) is 5.32 Å². The van der Waals surface area contributed by atoms with E-state index in [1.807, 2.05) is 6.07 Å². The number of hydrogen-bond acceptors (Lipinski definition) is 3. The van der Waals surface area contributed by atoms with Gasteiger partial charge in [0.15, 0.2) is 5.58 Å². The maximum absolute atomic E-state index is 13.3. The van der Waals surface area contributed by atoms with Crippen LogP contribution in [-0.2, 0) is 16.9 Å². The molecule has 1 amide bonds. The molecule has 0 spiro atoms. The molecular formula is C21H21FN2O3. The van der Waals surface area contributed by atoms with Gasteiger partial charge in [0, 0.05) is 13.0 Å². The summed E-state index contributed by atoms with van der Waals surface area (Å²) in [6, 6.07) is 13.5. The smallest absolute Gasteiger partial charge is 0.408 e. The first-order valence-corrected chi connectivity index (χ1v) is 9.23. The van der Waals surface area contributed by atoms with Crippen LogP contribution in [0.15, 0.2) is 57.7 Å². The Labute approximate surface area is 155 Å². The lowest BCUT2D eigenvalue weighted by molar-refractivity contribution is -0.123. The maximum atomic E-state index is 13.3. The lowest BCUT2D eigenvalue weighted by Gasteiger charge is -2.31. The highest BCUT2D eigenvalue weighted by Crippen LogP contribution is 2.38. The largest absolute Gasteiger partial charge is 0.419 e. The number of carbonyl (C=O) groups excluding carboxylic acids is 1. The fourth-order valence-electron chi connectivity index (χ4n) is 4.00. The molecule has 0 unspecified atom stereocenters. The van der Waals surface area contributed by atoms with Gasteiger partial charge < -0.3 is 9.73 Å². The molecule has 0 atom stereocenters. The minimum absolute atomic E-state index is 0.126. The Hall–Kier alpha value is -2.89. The van der Waals surface area contributed by atoms with Gasteiger partial charge in [-0.1, -0.05) is 37.1 Å². The summed E-state index contributed by atoms with van der Waals surface area (Å²) in [5.74, 6) is -0.874. The van der Waals surface area contributed by atoms with Crippen LogP contribution in [0.2, 0.25) is 0 Å². The van der Waals surface area contributed by atoms with Crippen LogP contribution in [-0.4, -0.2) is 10.5 Å². The average Bonchev–Trinajstić information content (AvgIpc) is 3.25. The number of amides is 1. The van der Waals surface area contributed by atoms with Gasteiger partial charge in [-0.25, -0.2) is 9.18 Å². The Balaban J connectivity index is 1.50. The van der Waals surface area contributed by atoms with Crippen LogP contribution < -0.4 is 11.1 Å². The van der Waals surface area contributed by atoms with Crippen molar-refractivity contribution < 1.29 is 13.6 Å². The van der Waals surface area contributed by atoms with E-state index >= 15 is 0 Å². The van der Waals surface area contributed by atoms with Crippen molar-refractivity contribution in [3.05, 3.63) is 70.5 Å². The third-order valence-corrected chi connectivity index (χ3v) is 5.37. The lowest BCUT2D eigenvalue weighted by atomic mass is 9.88. The predicted octanol–water partition coefficient (Wildman–Crippen LogP) is 3.71. The van der Waals surface area contributed by atoms with Crippen LogP contribution in [0.25, 0.3) is 11.1 Å². The van der Waals surface area contributed by atoms with Gasteiger partial charge in [-0.3, -0.25) is 9.36 Å². The second-order valence-electron chi connectivity index (χ2n) is 7.08. The number of para-hydroxylation sites is 2. The van der Waals surface area contributed by atoms with Crippen molar-refractivity contribution >= 4 is 17.0 Å². The number of nitrogens with zero attached hydrogens (tertiary/aromatic N) is 1. The molecule has 27 heavy (non-hydrogen) atoms. The molecule has 1 fully saturated rings. The molecule has 4 rings (SSSR count). The van der Waals surface area contributed by atoms with Gasteiger partial charge >= 0.3 is 5.76 Å². The Kier molecular flexibility index (Phi) is 4.56. The summed E-state index contributed by atoms with van der Waals surface area (Å²) in [5, 5.41) is 3.15. The first-order valence-electron chi connectivity index (χ1n) is 9.23. The number of oxazole rings is 1. The zero-order chi connectivity index (χ0) is 18.9. The van der Waals surface area contributed by atoms with Crippen molar-refractivity contribution in [2.45, 2.75) is 44.2 Å². The average molecular weight is 368 g/mol. The van der Waals surface area contributed by atoms with Crippen molar-refractivity contribution in [3.63, 3.8) is 0 Å². The Bertz CT molecular complexity index is 1010. The summed E-state index contributed by atoms with van der Waals surface area (Å²) in [6.07, 6.45) is 3.87. The molecule has 3 aromatic rings. The maximum Gasteiger partial charge on any atom is 0.419 e. The summed E-state index contributed by atoms with van der Waals surface area (Å²) >= 11 is 0. The molecule has 1 aliphatic carbocycles. The number of fused-ring (bicyclic) bond motifs is 1. The quantitative estimate of drug-likeness (QED) is 0.747. The summed E-state index contributed by atoms with van der Waals surface area (Å²) in [5.41, 5.74) is 1.68. The van der Waals surface area contributed by atoms with E-state index in [-0.39, 0.29) is 24.7 Å². The van der Waals surface area contributed by atoms with Crippen LogP contribution in [0.5, 0.6) is 0 Å². The number of halogens is 1. The van der Waals surface area contributed by atoms with Gasteiger partial charge in [0.05, 0.1) is 11.1 Å². The number of rotatable bonds is 5. The SMILES string of the molecule is O=C(CCn1c(=O)oc2ccccc21)NC1(c2ccc(F)cc2)CCCC1. The van der Waals surface area contributed by atoms with E-state index in [0.717, 1.165) is 31.2 Å². The van der Waals surface area contributed by atoms with E-state index in [1.54, 1.807) is 30.3 Å². The van der Waals surface area contributed by atoms with Crippen LogP contribution in [0.3, 0.4) is 0 Å². The molecule has 0 radical (unpaired) electrons. The number of aromatic nitrogens is 1. The summed E-state index contributed by atoms with van der Waals surface area (Å²) in [7, 11) is 0. The first kappa shape index (κ1) is 17.5. The topological polar surface area (TPSA) is 64.2 Å². The standard InChI is InChI=1S/C21H21FN2O3/c22-16-9-7-15(8-10-16)21(12-3-4-13-21)23-19(25)11-14-24-17-5-1-2-6-18(17)27-20(24)26/h1-2,5-10H,3-4,11-14H2,(H,23,25). The second kappa shape index (κ2) is 7.02. The Morgan fingerprint density at radius 2 is 1.81 bits per heavy atom. The van der Waals surface area contributed by atoms with Crippen LogP contribution in [0.1, 0.15) is 37.7 Å². The third kappa shape index (κ3) is 3.39. The fraction of sp³-hybridized carbons (Fsp3) is 0.333. The number of benzene rings is 2. The minimum atomic E-state index is -0.460. The predicted molar refractivity (Wildman–Crippen MR) is 99.8 cm³/mol. The van der Waals surface area contributed by atoms with E-state index in [0.29, 0.717) is 11.1 Å². The molecule has 0 bridgehead atoms. The van der Waals surface area contributed by atoms with E-state index in [9.17, 15) is 14.0 Å². The number of nitrogens with one attached hydrogen (secondary N) is 1. The van der Waals surface area contributed by atoms with E-state index in [1.165, 1.54) is 16.7 Å². The van der Waals surface area contributed by atoms with Crippen LogP contribution in [0, 0.1) is 5.82 Å². The zero-order valence-corrected chi connectivity index (χ0v) is 14.9. The van der Waals surface area contributed by atoms with Gasteiger partial charge in [0.25, 0.3) is 0 Å². The van der Waals surface area contributed by atoms with Crippen molar-refractivity contribution in [1.29, 1.82) is 0 Å². The monoisotopic (exact) mass is 368 g/mol. The molecule has 0 aliphatic heterocycles. The van der Waals surface area contributed by atoms with Gasteiger partial charge in [0.1, 0.15) is 5.82 Å². The molecule has 6 heteroatoms. The van der Waals surface area contributed by atoms with Gasteiger partial charge in [-0.05, 0) is 42.7 Å². The molecule has 5 nitrogen and oxygen atoms in total. The lowest BCUT2D eigenvalue weighted by Crippen LogP contribution is -2.44. The highest BCUT2D eigenvalue weighted by atomic mass is 19.1. The third-order valence-electron chi connectivity index (χ3n) is 5.37. The van der Waals surface area contributed by atoms with Gasteiger partial charge in [-0.15, -0.1) is 0 Å². The fourth-order valence-corrected chi connectivity index (χ4v) is 4.00. The minimum Gasteiger partial charge on any atom is -0.408 e. The van der Waals surface area contributed by atoms with Crippen molar-refractivity contribution in [3.8, 4) is 0 Å². The molecule has 1 N–H and O–H groups in total. The molecule has 1 aromatic heterocycles. The molecule has 1 saturated carbocycles. The van der Waals surface area contributed by atoms with Crippen molar-refractivity contribution in [1.82, 2.24) is 9.88 Å². The first-order chi connectivity index (χ1) is 13.1.